The summed E-state index contributed by atoms with van der Waals surface area (Å²) in [6, 6.07) is 51.6. The van der Waals surface area contributed by atoms with Gasteiger partial charge < -0.3 is 31.4 Å². The molecule has 6 aromatic carbocycles. The largest absolute Gasteiger partial charge is 0.454 e. The predicted octanol–water partition coefficient (Wildman–Crippen LogP) is 7.49. The summed E-state index contributed by atoms with van der Waals surface area (Å²) in [6.45, 7) is 7.46. The first-order valence-corrected chi connectivity index (χ1v) is 24.3. The minimum absolute atomic E-state index is 0. The van der Waals surface area contributed by atoms with E-state index < -0.39 is 15.8 Å². The molecule has 6 aromatic rings. The molecule has 1 aliphatic carbocycles. The van der Waals surface area contributed by atoms with Gasteiger partial charge in [0.15, 0.2) is 23.0 Å². The Morgan fingerprint density at radius 2 is 0.825 bits per heavy atom. The molecular formula is C48H48Cl2O4P2Ru. The third-order valence-electron chi connectivity index (χ3n) is 10.8. The van der Waals surface area contributed by atoms with Crippen molar-refractivity contribution in [1.29, 1.82) is 0 Å². The maximum Gasteiger partial charge on any atom is 0.231 e. The summed E-state index contributed by atoms with van der Waals surface area (Å²) in [6.07, 6.45) is 5.92. The van der Waals surface area contributed by atoms with E-state index in [1.165, 1.54) is 57.5 Å². The molecule has 4 nitrogen and oxygen atoms in total. The number of halogens is 2. The van der Waals surface area contributed by atoms with Gasteiger partial charge in [0.2, 0.25) is 13.6 Å². The van der Waals surface area contributed by atoms with Gasteiger partial charge in [0, 0.05) is 11.1 Å². The molecule has 0 saturated heterocycles. The van der Waals surface area contributed by atoms with Crippen LogP contribution in [0.15, 0.2) is 146 Å². The van der Waals surface area contributed by atoms with Crippen molar-refractivity contribution < 1.29 is 48.7 Å². The summed E-state index contributed by atoms with van der Waals surface area (Å²) >= 11 is 1.82. The maximum absolute atomic E-state index is 6.35. The van der Waals surface area contributed by atoms with Gasteiger partial charge in [-0.05, 0) is 103 Å². The molecule has 1 fully saturated rings. The molecule has 9 rings (SSSR count). The standard InChI is InChI=1S/C38H28O4P2.C10H20.2ClH.Ru/c1-5-13-27(14-6-1)43(28-15-7-2-8-16-28)33-23-21-31-37(41-25-39-31)35(33)36-34(24-22-32-38(36)42-26-40-32)44(29-17-9-3-10-18-29)30-19-11-4-12-20-30;1-8(2)10-6-4-9(3)5-7-10;;;/h1-24H,25-26H2;8-10H,4-7H2,1-3H3;2*1H;/q;;;;+2/p-2. The van der Waals surface area contributed by atoms with Crippen molar-refractivity contribution in [3.63, 3.8) is 0 Å². The minimum atomic E-state index is -0.968. The van der Waals surface area contributed by atoms with E-state index in [9.17, 15) is 0 Å². The zero-order valence-electron chi connectivity index (χ0n) is 32.5. The van der Waals surface area contributed by atoms with Crippen LogP contribution in [0.5, 0.6) is 23.0 Å². The summed E-state index contributed by atoms with van der Waals surface area (Å²) < 4.78 is 24.7. The molecule has 0 unspecified atom stereocenters. The first-order valence-electron chi connectivity index (χ1n) is 19.4. The van der Waals surface area contributed by atoms with Crippen LogP contribution >= 0.6 is 25.5 Å². The SMILES string of the molecule is CC1CCC(C(C)C)CC1.[Cl-].[Cl][Ru+].c1ccc(P(c2ccccc2)c2ccc3c(c2-c2c(P(c4ccccc4)c4ccccc4)ccc4c2OCO4)OCO3)cc1. The van der Waals surface area contributed by atoms with Crippen LogP contribution in [0.1, 0.15) is 46.5 Å². The van der Waals surface area contributed by atoms with Gasteiger partial charge in [-0.15, -0.1) is 0 Å². The maximum atomic E-state index is 6.35. The number of ether oxygens (including phenoxy) is 4. The van der Waals surface area contributed by atoms with Gasteiger partial charge in [-0.3, -0.25) is 0 Å². The van der Waals surface area contributed by atoms with Gasteiger partial charge in [-0.25, -0.2) is 0 Å². The third-order valence-corrected chi connectivity index (χ3v) is 15.8. The average molecular weight is 923 g/mol. The summed E-state index contributed by atoms with van der Waals surface area (Å²) in [5.74, 6) is 5.96. The fourth-order valence-corrected chi connectivity index (χ4v) is 12.8. The van der Waals surface area contributed by atoms with Gasteiger partial charge in [-0.2, -0.15) is 0 Å². The fourth-order valence-electron chi connectivity index (χ4n) is 7.90. The van der Waals surface area contributed by atoms with Crippen LogP contribution in [0.25, 0.3) is 11.1 Å². The summed E-state index contributed by atoms with van der Waals surface area (Å²) in [5.41, 5.74) is 2.02. The molecule has 0 spiro atoms. The number of hydrogen-bond acceptors (Lipinski definition) is 4. The van der Waals surface area contributed by atoms with E-state index in [1.807, 2.05) is 17.3 Å². The molecule has 57 heavy (non-hydrogen) atoms. The Labute approximate surface area is 361 Å². The summed E-state index contributed by atoms with van der Waals surface area (Å²) in [4.78, 5) is 0. The summed E-state index contributed by atoms with van der Waals surface area (Å²) in [5, 5.41) is 7.40. The second-order valence-electron chi connectivity index (χ2n) is 14.7. The normalized spacial score (nSPS) is 16.3. The minimum Gasteiger partial charge on any atom is -0.454 e. The van der Waals surface area contributed by atoms with Crippen molar-refractivity contribution in [2.24, 2.45) is 17.8 Å². The van der Waals surface area contributed by atoms with Crippen LogP contribution < -0.4 is 63.2 Å². The molecule has 0 bridgehead atoms. The van der Waals surface area contributed by atoms with E-state index in [0.717, 1.165) is 51.9 Å². The zero-order chi connectivity index (χ0) is 38.9. The molecule has 0 N–H and O–H groups in total. The van der Waals surface area contributed by atoms with Gasteiger partial charge >= 0.3 is 27.0 Å². The third kappa shape index (κ3) is 9.90. The van der Waals surface area contributed by atoms with Crippen molar-refractivity contribution in [1.82, 2.24) is 0 Å². The van der Waals surface area contributed by atoms with Crippen LogP contribution in [0, 0.1) is 17.8 Å². The van der Waals surface area contributed by atoms with Crippen molar-refractivity contribution in [3.05, 3.63) is 146 Å². The van der Waals surface area contributed by atoms with Crippen LogP contribution in [0.4, 0.5) is 0 Å². The first kappa shape index (κ1) is 43.2. The average Bonchev–Trinajstić information content (AvgIpc) is 3.95. The van der Waals surface area contributed by atoms with Gasteiger partial charge in [-0.1, -0.05) is 155 Å². The van der Waals surface area contributed by atoms with Gasteiger partial charge in [0.25, 0.3) is 0 Å². The van der Waals surface area contributed by atoms with Gasteiger partial charge in [0.05, 0.1) is 0 Å². The molecule has 2 aliphatic heterocycles. The molecule has 3 aliphatic rings. The molecule has 0 amide bonds. The number of hydrogen-bond donors (Lipinski definition) is 0. The molecule has 2 heterocycles. The van der Waals surface area contributed by atoms with E-state index in [4.69, 9.17) is 18.9 Å². The van der Waals surface area contributed by atoms with Gasteiger partial charge in [0.1, 0.15) is 0 Å². The monoisotopic (exact) mass is 922 g/mol. The van der Waals surface area contributed by atoms with E-state index in [1.54, 1.807) is 0 Å². The topological polar surface area (TPSA) is 36.9 Å². The Kier molecular flexibility index (Phi) is 15.9. The predicted molar refractivity (Wildman–Crippen MR) is 233 cm³/mol. The zero-order valence-corrected chi connectivity index (χ0v) is 37.5. The van der Waals surface area contributed by atoms with E-state index in [2.05, 4.69) is 176 Å². The van der Waals surface area contributed by atoms with E-state index in [0.29, 0.717) is 0 Å². The molecule has 0 atom stereocenters. The second-order valence-corrected chi connectivity index (χ2v) is 19.0. The number of rotatable bonds is 8. The molecule has 9 heteroatoms. The number of benzene rings is 6. The second kappa shape index (κ2) is 21.0. The summed E-state index contributed by atoms with van der Waals surface area (Å²) in [7, 11) is 2.63. The molecule has 0 aromatic heterocycles. The van der Waals surface area contributed by atoms with Crippen molar-refractivity contribution >= 4 is 57.4 Å². The van der Waals surface area contributed by atoms with E-state index in [-0.39, 0.29) is 26.0 Å². The Hall–Kier alpha value is -3.42. The molecule has 296 valence electrons. The Morgan fingerprint density at radius 3 is 1.14 bits per heavy atom. The van der Waals surface area contributed by atoms with Crippen molar-refractivity contribution in [2.45, 2.75) is 46.5 Å². The smallest absolute Gasteiger partial charge is 0.231 e. The number of fused-ring (bicyclic) bond motifs is 2. The van der Waals surface area contributed by atoms with Crippen LogP contribution in [0.3, 0.4) is 0 Å². The van der Waals surface area contributed by atoms with Crippen LogP contribution in [-0.4, -0.2) is 13.6 Å². The first-order chi connectivity index (χ1) is 27.6. The molecule has 1 saturated carbocycles. The van der Waals surface area contributed by atoms with Crippen molar-refractivity contribution in [2.75, 3.05) is 13.6 Å². The van der Waals surface area contributed by atoms with Crippen molar-refractivity contribution in [3.8, 4) is 34.1 Å². The fraction of sp³-hybridized carbons (Fsp3) is 0.250. The van der Waals surface area contributed by atoms with Crippen LogP contribution in [-0.2, 0) is 17.3 Å². The quantitative estimate of drug-likeness (QED) is 0.117. The van der Waals surface area contributed by atoms with E-state index >= 15 is 0 Å². The van der Waals surface area contributed by atoms with Crippen LogP contribution in [0.2, 0.25) is 0 Å². The molecule has 0 radical (unpaired) electrons. The Morgan fingerprint density at radius 1 is 0.491 bits per heavy atom. The Bertz CT molecular complexity index is 1930. The molecular weight excluding hydrogens is 874 g/mol. The Balaban J connectivity index is 0.000000368.